The molecule has 0 radical (unpaired) electrons. The van der Waals surface area contributed by atoms with E-state index in [2.05, 4.69) is 33.0 Å². The Balaban J connectivity index is 1.96. The first-order valence-electron chi connectivity index (χ1n) is 6.99. The predicted molar refractivity (Wildman–Crippen MR) is 78.6 cm³/mol. The minimum Gasteiger partial charge on any atom is -0.331 e. The average molecular weight is 323 g/mol. The maximum Gasteiger partial charge on any atom is 0.223 e. The highest BCUT2D eigenvalue weighted by atomic mass is 79.9. The molecule has 1 aromatic carbocycles. The smallest absolute Gasteiger partial charge is 0.223 e. The van der Waals surface area contributed by atoms with Gasteiger partial charge in [-0.25, -0.2) is 0 Å². The minimum atomic E-state index is 0.0493. The lowest BCUT2D eigenvalue weighted by Gasteiger charge is -2.34. The molecular formula is C15H19BrN2O. The largest absolute Gasteiger partial charge is 0.331 e. The summed E-state index contributed by atoms with van der Waals surface area (Å²) in [4.78, 5) is 14.4. The Morgan fingerprint density at radius 3 is 2.47 bits per heavy atom. The molecule has 0 bridgehead atoms. The van der Waals surface area contributed by atoms with Crippen molar-refractivity contribution >= 4 is 21.8 Å². The lowest BCUT2D eigenvalue weighted by Crippen LogP contribution is -2.43. The Morgan fingerprint density at radius 2 is 1.84 bits per heavy atom. The first-order chi connectivity index (χ1) is 9.16. The summed E-state index contributed by atoms with van der Waals surface area (Å²) in [6, 6.07) is 8.75. The normalized spacial score (nSPS) is 28.3. The van der Waals surface area contributed by atoms with Gasteiger partial charge in [0.2, 0.25) is 5.91 Å². The van der Waals surface area contributed by atoms with E-state index in [9.17, 15) is 4.79 Å². The highest BCUT2D eigenvalue weighted by Crippen LogP contribution is 2.39. The number of hydrogen-bond acceptors (Lipinski definition) is 2. The Labute approximate surface area is 122 Å². The highest BCUT2D eigenvalue weighted by Gasteiger charge is 2.41. The standard InChI is InChI=1S/C15H19BrN2O/c16-11-6-4-10(5-7-11)15-13(17)2-1-3-14(19)18(15)12-8-9-12/h4-7,12-13,15H,1-3,8-9,17H2. The van der Waals surface area contributed by atoms with Crippen LogP contribution in [0.2, 0.25) is 0 Å². The molecule has 4 heteroatoms. The van der Waals surface area contributed by atoms with Gasteiger partial charge in [0.1, 0.15) is 0 Å². The molecule has 1 aliphatic heterocycles. The van der Waals surface area contributed by atoms with Crippen LogP contribution in [0.1, 0.15) is 43.7 Å². The van der Waals surface area contributed by atoms with Gasteiger partial charge in [-0.05, 0) is 43.4 Å². The Bertz CT molecular complexity index is 470. The van der Waals surface area contributed by atoms with Crippen LogP contribution >= 0.6 is 15.9 Å². The third-order valence-corrected chi connectivity index (χ3v) is 4.60. The number of rotatable bonds is 2. The van der Waals surface area contributed by atoms with Crippen molar-refractivity contribution in [1.82, 2.24) is 4.90 Å². The molecule has 3 rings (SSSR count). The summed E-state index contributed by atoms with van der Waals surface area (Å²) in [5.74, 6) is 0.281. The van der Waals surface area contributed by atoms with E-state index in [1.807, 2.05) is 12.1 Å². The van der Waals surface area contributed by atoms with Crippen LogP contribution in [-0.4, -0.2) is 22.9 Å². The highest BCUT2D eigenvalue weighted by molar-refractivity contribution is 9.10. The van der Waals surface area contributed by atoms with E-state index < -0.39 is 0 Å². The summed E-state index contributed by atoms with van der Waals surface area (Å²) in [5.41, 5.74) is 7.53. The van der Waals surface area contributed by atoms with E-state index in [4.69, 9.17) is 5.73 Å². The van der Waals surface area contributed by atoms with Crippen molar-refractivity contribution in [1.29, 1.82) is 0 Å². The number of amides is 1. The number of carbonyl (C=O) groups is 1. The number of nitrogens with zero attached hydrogens (tertiary/aromatic N) is 1. The second-order valence-corrected chi connectivity index (χ2v) is 6.50. The van der Waals surface area contributed by atoms with E-state index in [1.165, 1.54) is 0 Å². The molecule has 1 aliphatic carbocycles. The second kappa shape index (κ2) is 5.25. The van der Waals surface area contributed by atoms with Crippen molar-refractivity contribution in [3.8, 4) is 0 Å². The summed E-state index contributed by atoms with van der Waals surface area (Å²) in [5, 5.41) is 0. The molecule has 19 heavy (non-hydrogen) atoms. The van der Waals surface area contributed by atoms with E-state index in [-0.39, 0.29) is 18.0 Å². The summed E-state index contributed by atoms with van der Waals surface area (Å²) in [6.45, 7) is 0. The first kappa shape index (κ1) is 13.1. The minimum absolute atomic E-state index is 0.0493. The Kier molecular flexibility index (Phi) is 3.63. The Morgan fingerprint density at radius 1 is 1.16 bits per heavy atom. The molecule has 102 valence electrons. The summed E-state index contributed by atoms with van der Waals surface area (Å²) < 4.78 is 1.06. The molecule has 1 heterocycles. The fourth-order valence-corrected chi connectivity index (χ4v) is 3.25. The molecule has 1 saturated carbocycles. The average Bonchev–Trinajstić information content (AvgIpc) is 3.20. The maximum absolute atomic E-state index is 12.4. The lowest BCUT2D eigenvalue weighted by molar-refractivity contribution is -0.133. The molecule has 2 aliphatic rings. The molecule has 2 atom stereocenters. The quantitative estimate of drug-likeness (QED) is 0.909. The van der Waals surface area contributed by atoms with Crippen molar-refractivity contribution in [2.75, 3.05) is 0 Å². The van der Waals surface area contributed by atoms with Crippen LogP contribution < -0.4 is 5.73 Å². The zero-order chi connectivity index (χ0) is 13.4. The van der Waals surface area contributed by atoms with Gasteiger partial charge in [-0.15, -0.1) is 0 Å². The summed E-state index contributed by atoms with van der Waals surface area (Å²) >= 11 is 3.46. The van der Waals surface area contributed by atoms with Gasteiger partial charge in [0.05, 0.1) is 6.04 Å². The van der Waals surface area contributed by atoms with Crippen LogP contribution in [0.25, 0.3) is 0 Å². The number of nitrogens with two attached hydrogens (primary N) is 1. The van der Waals surface area contributed by atoms with Crippen LogP contribution in [0.15, 0.2) is 28.7 Å². The third-order valence-electron chi connectivity index (χ3n) is 4.07. The number of likely N-dealkylation sites (tertiary alicyclic amines) is 1. The van der Waals surface area contributed by atoms with Crippen LogP contribution in [0, 0.1) is 0 Å². The van der Waals surface area contributed by atoms with E-state index in [0.717, 1.165) is 35.7 Å². The van der Waals surface area contributed by atoms with E-state index >= 15 is 0 Å². The lowest BCUT2D eigenvalue weighted by atomic mass is 9.96. The van der Waals surface area contributed by atoms with E-state index in [1.54, 1.807) is 0 Å². The molecule has 1 amide bonds. The predicted octanol–water partition coefficient (Wildman–Crippen LogP) is 2.99. The van der Waals surface area contributed by atoms with Crippen LogP contribution in [-0.2, 0) is 4.79 Å². The zero-order valence-electron chi connectivity index (χ0n) is 10.9. The van der Waals surface area contributed by atoms with Crippen LogP contribution in [0.4, 0.5) is 0 Å². The summed E-state index contributed by atoms with van der Waals surface area (Å²) in [6.07, 6.45) is 4.75. The molecule has 0 aromatic heterocycles. The molecule has 1 saturated heterocycles. The van der Waals surface area contributed by atoms with Crippen molar-refractivity contribution < 1.29 is 4.79 Å². The van der Waals surface area contributed by atoms with Crippen LogP contribution in [0.3, 0.4) is 0 Å². The van der Waals surface area contributed by atoms with Crippen molar-refractivity contribution in [2.45, 2.75) is 50.2 Å². The van der Waals surface area contributed by atoms with Crippen molar-refractivity contribution in [3.63, 3.8) is 0 Å². The van der Waals surface area contributed by atoms with Gasteiger partial charge in [0.25, 0.3) is 0 Å². The second-order valence-electron chi connectivity index (χ2n) is 5.58. The molecule has 2 fully saturated rings. The van der Waals surface area contributed by atoms with Gasteiger partial charge in [0, 0.05) is 23.0 Å². The zero-order valence-corrected chi connectivity index (χ0v) is 12.5. The van der Waals surface area contributed by atoms with Crippen LogP contribution in [0.5, 0.6) is 0 Å². The topological polar surface area (TPSA) is 46.3 Å². The number of carbonyl (C=O) groups excluding carboxylic acids is 1. The number of benzene rings is 1. The fraction of sp³-hybridized carbons (Fsp3) is 0.533. The van der Waals surface area contributed by atoms with Gasteiger partial charge in [-0.1, -0.05) is 28.1 Å². The molecule has 2 unspecified atom stereocenters. The fourth-order valence-electron chi connectivity index (χ4n) is 2.99. The molecule has 3 nitrogen and oxygen atoms in total. The molecular weight excluding hydrogens is 304 g/mol. The maximum atomic E-state index is 12.4. The van der Waals surface area contributed by atoms with Crippen molar-refractivity contribution in [3.05, 3.63) is 34.3 Å². The number of hydrogen-bond donors (Lipinski definition) is 1. The van der Waals surface area contributed by atoms with E-state index in [0.29, 0.717) is 12.5 Å². The third kappa shape index (κ3) is 2.70. The van der Waals surface area contributed by atoms with Gasteiger partial charge in [0.15, 0.2) is 0 Å². The Hall–Kier alpha value is -0.870. The van der Waals surface area contributed by atoms with Gasteiger partial charge < -0.3 is 10.6 Å². The van der Waals surface area contributed by atoms with Gasteiger partial charge in [-0.2, -0.15) is 0 Å². The van der Waals surface area contributed by atoms with Gasteiger partial charge >= 0.3 is 0 Å². The first-order valence-corrected chi connectivity index (χ1v) is 7.78. The SMILES string of the molecule is NC1CCCC(=O)N(C2CC2)C1c1ccc(Br)cc1. The summed E-state index contributed by atoms with van der Waals surface area (Å²) in [7, 11) is 0. The monoisotopic (exact) mass is 322 g/mol. The van der Waals surface area contributed by atoms with Crippen molar-refractivity contribution in [2.24, 2.45) is 5.73 Å². The molecule has 2 N–H and O–H groups in total. The molecule has 0 spiro atoms. The number of halogens is 1. The van der Waals surface area contributed by atoms with Gasteiger partial charge in [-0.3, -0.25) is 4.79 Å². The molecule has 1 aromatic rings.